The van der Waals surface area contributed by atoms with Gasteiger partial charge in [0.05, 0.1) is 11.9 Å². The van der Waals surface area contributed by atoms with Crippen molar-refractivity contribution in [1.29, 1.82) is 0 Å². The maximum Gasteiger partial charge on any atom is 0.413 e. The first-order valence-electron chi connectivity index (χ1n) is 9.94. The molecule has 2 aliphatic carbocycles. The number of nitrogens with zero attached hydrogens (tertiary/aromatic N) is 3. The lowest BCUT2D eigenvalue weighted by Gasteiger charge is -2.51. The molecule has 1 N–H and O–H groups in total. The van der Waals surface area contributed by atoms with Crippen LogP contribution in [0.4, 0.5) is 10.6 Å². The lowest BCUT2D eigenvalue weighted by Crippen LogP contribution is -2.51. The largest absolute Gasteiger partial charge is 0.444 e. The molecule has 28 heavy (non-hydrogen) atoms. The van der Waals surface area contributed by atoms with E-state index in [0.29, 0.717) is 5.92 Å². The first-order chi connectivity index (χ1) is 12.9. The first kappa shape index (κ1) is 19.0. The summed E-state index contributed by atoms with van der Waals surface area (Å²) < 4.78 is 12.9. The molecule has 0 spiro atoms. The standard InChI is InChI=1S/C21H30N4O3/c1-19(2,3)27-18(26)23-17-13-8-9-14-20(4,5)16-12(11-22-28-16)10-21(14,6)15(13)24-25(17)7/h11,14H,8-10H2,1-7H3,(H,23,26)/t14-,21-/m0/s1. The van der Waals surface area contributed by atoms with Gasteiger partial charge in [0.15, 0.2) is 0 Å². The van der Waals surface area contributed by atoms with Crippen LogP contribution < -0.4 is 5.32 Å². The smallest absolute Gasteiger partial charge is 0.413 e. The third kappa shape index (κ3) is 2.74. The van der Waals surface area contributed by atoms with E-state index >= 15 is 0 Å². The monoisotopic (exact) mass is 386 g/mol. The van der Waals surface area contributed by atoms with E-state index in [1.54, 1.807) is 4.68 Å². The molecule has 0 aliphatic heterocycles. The third-order valence-electron chi connectivity index (χ3n) is 6.42. The van der Waals surface area contributed by atoms with Gasteiger partial charge in [0.25, 0.3) is 0 Å². The Morgan fingerprint density at radius 3 is 2.75 bits per heavy atom. The summed E-state index contributed by atoms with van der Waals surface area (Å²) in [5.74, 6) is 2.12. The van der Waals surface area contributed by atoms with Crippen LogP contribution >= 0.6 is 0 Å². The quantitative estimate of drug-likeness (QED) is 0.797. The molecule has 152 valence electrons. The Labute approximate surface area is 165 Å². The van der Waals surface area contributed by atoms with Gasteiger partial charge in [0, 0.05) is 29.0 Å². The molecule has 0 bridgehead atoms. The Morgan fingerprint density at radius 1 is 1.36 bits per heavy atom. The number of aromatic nitrogens is 3. The van der Waals surface area contributed by atoms with E-state index in [2.05, 4.69) is 31.2 Å². The van der Waals surface area contributed by atoms with Crippen molar-refractivity contribution in [2.75, 3.05) is 5.32 Å². The van der Waals surface area contributed by atoms with E-state index in [1.807, 2.05) is 34.0 Å². The predicted molar refractivity (Wildman–Crippen MR) is 105 cm³/mol. The van der Waals surface area contributed by atoms with Crippen LogP contribution in [-0.2, 0) is 35.5 Å². The zero-order chi connectivity index (χ0) is 20.5. The van der Waals surface area contributed by atoms with Gasteiger partial charge >= 0.3 is 6.09 Å². The van der Waals surface area contributed by atoms with Crippen molar-refractivity contribution in [2.24, 2.45) is 13.0 Å². The molecule has 7 nitrogen and oxygen atoms in total. The van der Waals surface area contributed by atoms with E-state index < -0.39 is 11.7 Å². The van der Waals surface area contributed by atoms with Crippen LogP contribution in [0.25, 0.3) is 0 Å². The highest BCUT2D eigenvalue weighted by atomic mass is 16.6. The molecule has 2 aromatic rings. The molecular weight excluding hydrogens is 356 g/mol. The molecule has 0 unspecified atom stereocenters. The molecule has 4 rings (SSSR count). The Bertz CT molecular complexity index is 934. The minimum atomic E-state index is -0.544. The average molecular weight is 386 g/mol. The van der Waals surface area contributed by atoms with Crippen LogP contribution in [0.15, 0.2) is 10.7 Å². The summed E-state index contributed by atoms with van der Waals surface area (Å²) in [5.41, 5.74) is 2.54. The normalized spacial score (nSPS) is 25.5. The highest BCUT2D eigenvalue weighted by Gasteiger charge is 2.56. The summed E-state index contributed by atoms with van der Waals surface area (Å²) in [7, 11) is 1.88. The third-order valence-corrected chi connectivity index (χ3v) is 6.42. The number of anilines is 1. The second-order valence-electron chi connectivity index (χ2n) is 10.0. The Morgan fingerprint density at radius 2 is 2.07 bits per heavy atom. The van der Waals surface area contributed by atoms with Crippen molar-refractivity contribution in [2.45, 2.75) is 77.2 Å². The fourth-order valence-corrected chi connectivity index (χ4v) is 5.43. The van der Waals surface area contributed by atoms with Crippen LogP contribution in [-0.4, -0.2) is 26.6 Å². The average Bonchev–Trinajstić information content (AvgIpc) is 3.12. The van der Waals surface area contributed by atoms with Crippen molar-refractivity contribution < 1.29 is 14.1 Å². The summed E-state index contributed by atoms with van der Waals surface area (Å²) in [6.45, 7) is 12.4. The van der Waals surface area contributed by atoms with Crippen LogP contribution in [0.1, 0.15) is 70.5 Å². The fourth-order valence-electron chi connectivity index (χ4n) is 5.43. The van der Waals surface area contributed by atoms with Gasteiger partial charge in [-0.3, -0.25) is 10.00 Å². The zero-order valence-electron chi connectivity index (χ0n) is 17.8. The number of rotatable bonds is 1. The van der Waals surface area contributed by atoms with Crippen LogP contribution in [0, 0.1) is 5.92 Å². The maximum atomic E-state index is 12.4. The number of nitrogens with one attached hydrogen (secondary N) is 1. The van der Waals surface area contributed by atoms with Gasteiger partial charge in [-0.2, -0.15) is 5.10 Å². The molecular formula is C21H30N4O3. The van der Waals surface area contributed by atoms with Crippen LogP contribution in [0.5, 0.6) is 0 Å². The van der Waals surface area contributed by atoms with E-state index in [9.17, 15) is 4.79 Å². The molecule has 1 amide bonds. The summed E-state index contributed by atoms with van der Waals surface area (Å²) in [4.78, 5) is 12.4. The molecule has 2 aliphatic rings. The van der Waals surface area contributed by atoms with Gasteiger partial charge in [-0.25, -0.2) is 4.79 Å². The molecule has 2 heterocycles. The van der Waals surface area contributed by atoms with Gasteiger partial charge in [0.2, 0.25) is 0 Å². The Hall–Kier alpha value is -2.31. The van der Waals surface area contributed by atoms with Crippen LogP contribution in [0.2, 0.25) is 0 Å². The fraction of sp³-hybridized carbons (Fsp3) is 0.667. The van der Waals surface area contributed by atoms with E-state index in [4.69, 9.17) is 14.4 Å². The van der Waals surface area contributed by atoms with Crippen molar-refractivity contribution in [1.82, 2.24) is 14.9 Å². The second-order valence-corrected chi connectivity index (χ2v) is 10.0. The summed E-state index contributed by atoms with van der Waals surface area (Å²) in [6, 6.07) is 0. The summed E-state index contributed by atoms with van der Waals surface area (Å²) in [6.07, 6.45) is 4.11. The minimum Gasteiger partial charge on any atom is -0.444 e. The zero-order valence-corrected chi connectivity index (χ0v) is 17.8. The molecule has 7 heteroatoms. The van der Waals surface area contributed by atoms with E-state index in [-0.39, 0.29) is 10.8 Å². The maximum absolute atomic E-state index is 12.4. The van der Waals surface area contributed by atoms with Gasteiger partial charge in [-0.05, 0) is 46.0 Å². The summed E-state index contributed by atoms with van der Waals surface area (Å²) in [5, 5.41) is 11.9. The Kier molecular flexibility index (Phi) is 3.97. The lowest BCUT2D eigenvalue weighted by molar-refractivity contribution is 0.0634. The van der Waals surface area contributed by atoms with Gasteiger partial charge in [-0.1, -0.05) is 25.9 Å². The highest BCUT2D eigenvalue weighted by Crippen LogP contribution is 2.56. The van der Waals surface area contributed by atoms with Crippen molar-refractivity contribution in [3.63, 3.8) is 0 Å². The van der Waals surface area contributed by atoms with Gasteiger partial charge in [-0.15, -0.1) is 0 Å². The number of ether oxygens (including phenoxy) is 1. The number of hydrogen-bond donors (Lipinski definition) is 1. The number of fused-ring (bicyclic) bond motifs is 4. The predicted octanol–water partition coefficient (Wildman–Crippen LogP) is 4.11. The van der Waals surface area contributed by atoms with Crippen molar-refractivity contribution >= 4 is 11.9 Å². The number of hydrogen-bond acceptors (Lipinski definition) is 5. The molecule has 0 saturated carbocycles. The topological polar surface area (TPSA) is 82.2 Å². The Balaban J connectivity index is 1.74. The van der Waals surface area contributed by atoms with Crippen molar-refractivity contribution in [3.8, 4) is 0 Å². The molecule has 2 aromatic heterocycles. The molecule has 0 saturated heterocycles. The van der Waals surface area contributed by atoms with Gasteiger partial charge < -0.3 is 9.26 Å². The van der Waals surface area contributed by atoms with E-state index in [0.717, 1.165) is 47.7 Å². The first-order valence-corrected chi connectivity index (χ1v) is 9.94. The van der Waals surface area contributed by atoms with E-state index in [1.165, 1.54) is 0 Å². The molecule has 0 aromatic carbocycles. The lowest BCUT2D eigenvalue weighted by atomic mass is 9.52. The number of amides is 1. The number of aryl methyl sites for hydroxylation is 1. The van der Waals surface area contributed by atoms with Crippen molar-refractivity contribution in [3.05, 3.63) is 28.8 Å². The second kappa shape index (κ2) is 5.84. The van der Waals surface area contributed by atoms with Crippen LogP contribution in [0.3, 0.4) is 0 Å². The number of carbonyl (C=O) groups excluding carboxylic acids is 1. The molecule has 0 radical (unpaired) electrons. The molecule has 0 fully saturated rings. The minimum absolute atomic E-state index is 0.118. The summed E-state index contributed by atoms with van der Waals surface area (Å²) >= 11 is 0. The molecule has 2 atom stereocenters. The number of carbonyl (C=O) groups is 1. The SMILES string of the molecule is Cn1nc2c(c1NC(=O)OC(C)(C)C)CC[C@H]1C(C)(C)c3oncc3C[C@]21C. The highest BCUT2D eigenvalue weighted by molar-refractivity contribution is 5.85. The van der Waals surface area contributed by atoms with Gasteiger partial charge in [0.1, 0.15) is 17.2 Å².